The Morgan fingerprint density at radius 3 is 2.74 bits per heavy atom. The number of H-pyrrole nitrogens is 1. The maximum Gasteiger partial charge on any atom is 0.252 e. The number of nitrogens with one attached hydrogen (secondary N) is 1. The van der Waals surface area contributed by atoms with E-state index in [0.29, 0.717) is 31.0 Å². The summed E-state index contributed by atoms with van der Waals surface area (Å²) >= 11 is 0. The van der Waals surface area contributed by atoms with Gasteiger partial charge in [-0.1, -0.05) is 30.3 Å². The molecule has 0 unspecified atom stereocenters. The molecule has 0 saturated carbocycles. The van der Waals surface area contributed by atoms with Crippen LogP contribution in [-0.4, -0.2) is 43.7 Å². The van der Waals surface area contributed by atoms with Gasteiger partial charge in [0, 0.05) is 29.6 Å². The van der Waals surface area contributed by atoms with Gasteiger partial charge in [-0.25, -0.2) is 4.68 Å². The Morgan fingerprint density at radius 2 is 1.94 bits per heavy atom. The zero-order valence-corrected chi connectivity index (χ0v) is 19.4. The molecule has 0 aliphatic heterocycles. The van der Waals surface area contributed by atoms with Gasteiger partial charge in [-0.15, -0.1) is 5.10 Å². The van der Waals surface area contributed by atoms with Gasteiger partial charge in [-0.3, -0.25) is 9.69 Å². The molecule has 0 amide bonds. The fraction of sp³-hybridized carbons (Fsp3) is 0.231. The molecule has 0 aliphatic carbocycles. The minimum atomic E-state index is -0.109. The average Bonchev–Trinajstić information content (AvgIpc) is 3.56. The van der Waals surface area contributed by atoms with E-state index < -0.39 is 0 Å². The molecule has 9 heteroatoms. The molecule has 0 spiro atoms. The zero-order valence-electron chi connectivity index (χ0n) is 19.4. The van der Waals surface area contributed by atoms with Crippen LogP contribution in [0.25, 0.3) is 10.9 Å². The van der Waals surface area contributed by atoms with Crippen molar-refractivity contribution < 1.29 is 9.15 Å². The summed E-state index contributed by atoms with van der Waals surface area (Å²) in [6.45, 7) is 2.10. The topological polar surface area (TPSA) is 102 Å². The number of hydrogen-bond acceptors (Lipinski definition) is 7. The van der Waals surface area contributed by atoms with Gasteiger partial charge in [0.15, 0.2) is 5.82 Å². The van der Waals surface area contributed by atoms with Crippen molar-refractivity contribution in [3.8, 4) is 5.75 Å². The molecule has 0 aliphatic rings. The van der Waals surface area contributed by atoms with Crippen LogP contribution in [0.3, 0.4) is 0 Å². The van der Waals surface area contributed by atoms with Crippen LogP contribution >= 0.6 is 0 Å². The highest BCUT2D eigenvalue weighted by Gasteiger charge is 2.16. The SMILES string of the molecule is COc1ccc2[nH]c(=O)c(CN(CCc3ccccc3)Cc3nnnn3Cc3ccco3)cc2c1. The number of methoxy groups -OCH3 is 1. The lowest BCUT2D eigenvalue weighted by Gasteiger charge is -2.22. The molecule has 9 nitrogen and oxygen atoms in total. The van der Waals surface area contributed by atoms with Crippen molar-refractivity contribution >= 4 is 10.9 Å². The first kappa shape index (κ1) is 22.5. The Balaban J connectivity index is 1.41. The van der Waals surface area contributed by atoms with Crippen molar-refractivity contribution in [1.29, 1.82) is 0 Å². The fourth-order valence-corrected chi connectivity index (χ4v) is 4.07. The number of aromatic nitrogens is 5. The van der Waals surface area contributed by atoms with Gasteiger partial charge >= 0.3 is 0 Å². The van der Waals surface area contributed by atoms with Crippen LogP contribution in [0.5, 0.6) is 5.75 Å². The molecule has 3 heterocycles. The molecule has 3 aromatic heterocycles. The molecule has 1 N–H and O–H groups in total. The zero-order chi connectivity index (χ0) is 24.0. The summed E-state index contributed by atoms with van der Waals surface area (Å²) in [5.41, 5.74) is 2.56. The molecule has 35 heavy (non-hydrogen) atoms. The summed E-state index contributed by atoms with van der Waals surface area (Å²) in [6.07, 6.45) is 2.46. The molecule has 2 aromatic carbocycles. The van der Waals surface area contributed by atoms with E-state index in [0.717, 1.165) is 35.4 Å². The van der Waals surface area contributed by atoms with Gasteiger partial charge in [0.2, 0.25) is 0 Å². The number of furan rings is 1. The van der Waals surface area contributed by atoms with Crippen molar-refractivity contribution in [3.63, 3.8) is 0 Å². The summed E-state index contributed by atoms with van der Waals surface area (Å²) < 4.78 is 12.5. The number of ether oxygens (including phenoxy) is 1. The fourth-order valence-electron chi connectivity index (χ4n) is 4.07. The maximum absolute atomic E-state index is 12.9. The number of nitrogens with zero attached hydrogens (tertiary/aromatic N) is 5. The van der Waals surface area contributed by atoms with Crippen molar-refractivity contribution in [3.05, 3.63) is 106 Å². The van der Waals surface area contributed by atoms with E-state index in [1.54, 1.807) is 18.1 Å². The first-order valence-corrected chi connectivity index (χ1v) is 11.4. The maximum atomic E-state index is 12.9. The third kappa shape index (κ3) is 5.47. The summed E-state index contributed by atoms with van der Waals surface area (Å²) in [5.74, 6) is 2.22. The van der Waals surface area contributed by atoms with Crippen LogP contribution in [0, 0.1) is 0 Å². The van der Waals surface area contributed by atoms with Crippen molar-refractivity contribution in [2.75, 3.05) is 13.7 Å². The molecule has 5 rings (SSSR count). The standard InChI is InChI=1S/C26H26N6O3/c1-34-22-9-10-24-20(15-22)14-21(26(33)27-24)16-31(12-11-19-6-3-2-4-7-19)18-25-28-29-30-32(25)17-23-8-5-13-35-23/h2-10,13-15H,11-12,16-18H2,1H3,(H,27,33). The quantitative estimate of drug-likeness (QED) is 0.334. The van der Waals surface area contributed by atoms with E-state index in [-0.39, 0.29) is 5.56 Å². The van der Waals surface area contributed by atoms with Gasteiger partial charge in [0.1, 0.15) is 18.1 Å². The number of fused-ring (bicyclic) bond motifs is 1. The van der Waals surface area contributed by atoms with Gasteiger partial charge in [-0.2, -0.15) is 0 Å². The molecule has 0 atom stereocenters. The largest absolute Gasteiger partial charge is 0.497 e. The molecule has 0 bridgehead atoms. The first-order valence-electron chi connectivity index (χ1n) is 11.4. The highest BCUT2D eigenvalue weighted by atomic mass is 16.5. The van der Waals surface area contributed by atoms with Gasteiger partial charge in [-0.05, 0) is 58.8 Å². The van der Waals surface area contributed by atoms with Gasteiger partial charge in [0.25, 0.3) is 5.56 Å². The van der Waals surface area contributed by atoms with Crippen LogP contribution in [0.4, 0.5) is 0 Å². The van der Waals surface area contributed by atoms with Crippen molar-refractivity contribution in [2.24, 2.45) is 0 Å². The predicted octanol–water partition coefficient (Wildman–Crippen LogP) is 3.41. The Kier molecular flexibility index (Phi) is 6.67. The molecular weight excluding hydrogens is 444 g/mol. The van der Waals surface area contributed by atoms with E-state index in [2.05, 4.69) is 37.5 Å². The number of rotatable bonds is 10. The lowest BCUT2D eigenvalue weighted by molar-refractivity contribution is 0.247. The van der Waals surface area contributed by atoms with E-state index in [9.17, 15) is 4.79 Å². The normalized spacial score (nSPS) is 11.4. The van der Waals surface area contributed by atoms with Crippen molar-refractivity contribution in [1.82, 2.24) is 30.1 Å². The van der Waals surface area contributed by atoms with Crippen molar-refractivity contribution in [2.45, 2.75) is 26.1 Å². The Hall–Kier alpha value is -4.24. The lowest BCUT2D eigenvalue weighted by Crippen LogP contribution is -2.30. The van der Waals surface area contributed by atoms with Gasteiger partial charge in [0.05, 0.1) is 19.9 Å². The Morgan fingerprint density at radius 1 is 1.06 bits per heavy atom. The second-order valence-electron chi connectivity index (χ2n) is 8.36. The number of hydrogen-bond donors (Lipinski definition) is 1. The minimum Gasteiger partial charge on any atom is -0.497 e. The predicted molar refractivity (Wildman–Crippen MR) is 131 cm³/mol. The third-order valence-corrected chi connectivity index (χ3v) is 5.94. The van der Waals surface area contributed by atoms with E-state index in [1.807, 2.05) is 54.6 Å². The van der Waals surface area contributed by atoms with E-state index in [4.69, 9.17) is 9.15 Å². The molecule has 0 fully saturated rings. The highest BCUT2D eigenvalue weighted by Crippen LogP contribution is 2.20. The highest BCUT2D eigenvalue weighted by molar-refractivity contribution is 5.80. The second kappa shape index (κ2) is 10.4. The van der Waals surface area contributed by atoms with Crippen LogP contribution < -0.4 is 10.3 Å². The molecule has 178 valence electrons. The number of pyridine rings is 1. The second-order valence-corrected chi connectivity index (χ2v) is 8.36. The third-order valence-electron chi connectivity index (χ3n) is 5.94. The van der Waals surface area contributed by atoms with Crippen LogP contribution in [0.2, 0.25) is 0 Å². The van der Waals surface area contributed by atoms with E-state index >= 15 is 0 Å². The molecule has 0 radical (unpaired) electrons. The Labute approximate surface area is 202 Å². The number of benzene rings is 2. The lowest BCUT2D eigenvalue weighted by atomic mass is 10.1. The monoisotopic (exact) mass is 470 g/mol. The van der Waals surface area contributed by atoms with Crippen LogP contribution in [0.15, 0.2) is 82.2 Å². The number of aromatic amines is 1. The summed E-state index contributed by atoms with van der Waals surface area (Å²) in [4.78, 5) is 18.1. The smallest absolute Gasteiger partial charge is 0.252 e. The molecular formula is C26H26N6O3. The summed E-state index contributed by atoms with van der Waals surface area (Å²) in [6, 6.07) is 21.6. The number of tetrazole rings is 1. The summed E-state index contributed by atoms with van der Waals surface area (Å²) in [7, 11) is 1.63. The average molecular weight is 471 g/mol. The van der Waals surface area contributed by atoms with E-state index in [1.165, 1.54) is 5.56 Å². The van der Waals surface area contributed by atoms with Crippen LogP contribution in [-0.2, 0) is 26.1 Å². The minimum absolute atomic E-state index is 0.109. The molecule has 0 saturated heterocycles. The van der Waals surface area contributed by atoms with Crippen LogP contribution in [0.1, 0.15) is 22.7 Å². The van der Waals surface area contributed by atoms with Gasteiger partial charge < -0.3 is 14.1 Å². The Bertz CT molecular complexity index is 1440. The first-order chi connectivity index (χ1) is 17.2. The summed E-state index contributed by atoms with van der Waals surface area (Å²) in [5, 5.41) is 13.2. The molecule has 5 aromatic rings.